The second-order valence-corrected chi connectivity index (χ2v) is 13.2. The first-order valence-electron chi connectivity index (χ1n) is 16.9. The number of fused-ring (bicyclic) bond motifs is 15. The summed E-state index contributed by atoms with van der Waals surface area (Å²) >= 11 is 0. The zero-order chi connectivity index (χ0) is 32.1. The van der Waals surface area contributed by atoms with Gasteiger partial charge in [-0.3, -0.25) is 0 Å². The molecule has 49 heavy (non-hydrogen) atoms. The lowest BCUT2D eigenvalue weighted by Crippen LogP contribution is -1.90. The highest BCUT2D eigenvalue weighted by Gasteiger charge is 2.18. The van der Waals surface area contributed by atoms with E-state index in [-0.39, 0.29) is 0 Å². The molecule has 10 aromatic carbocycles. The molecule has 0 amide bonds. The van der Waals surface area contributed by atoms with Gasteiger partial charge in [0.1, 0.15) is 11.2 Å². The molecule has 0 spiro atoms. The number of rotatable bonds is 2. The van der Waals surface area contributed by atoms with Crippen molar-refractivity contribution in [3.63, 3.8) is 0 Å². The van der Waals surface area contributed by atoms with Gasteiger partial charge in [0.05, 0.1) is 0 Å². The van der Waals surface area contributed by atoms with Crippen molar-refractivity contribution in [1.29, 1.82) is 0 Å². The quantitative estimate of drug-likeness (QED) is 0.175. The molecule has 0 aliphatic heterocycles. The van der Waals surface area contributed by atoms with Crippen molar-refractivity contribution in [2.75, 3.05) is 0 Å². The van der Waals surface area contributed by atoms with E-state index in [1.54, 1.807) is 0 Å². The number of para-hydroxylation sites is 1. The van der Waals surface area contributed by atoms with Crippen LogP contribution in [-0.4, -0.2) is 0 Å². The second-order valence-electron chi connectivity index (χ2n) is 13.2. The molecule has 1 heteroatoms. The summed E-state index contributed by atoms with van der Waals surface area (Å²) in [6.07, 6.45) is 0. The van der Waals surface area contributed by atoms with Crippen LogP contribution in [0.4, 0.5) is 0 Å². The van der Waals surface area contributed by atoms with Crippen LogP contribution in [0.5, 0.6) is 0 Å². The second kappa shape index (κ2) is 10.0. The van der Waals surface area contributed by atoms with Crippen LogP contribution in [0.3, 0.4) is 0 Å². The fourth-order valence-corrected chi connectivity index (χ4v) is 8.36. The average Bonchev–Trinajstić information content (AvgIpc) is 3.54. The summed E-state index contributed by atoms with van der Waals surface area (Å²) in [5.41, 5.74) is 6.59. The Kier molecular flexibility index (Phi) is 5.45. The highest BCUT2D eigenvalue weighted by molar-refractivity contribution is 6.39. The van der Waals surface area contributed by atoms with E-state index in [4.69, 9.17) is 4.42 Å². The Morgan fingerprint density at radius 3 is 1.51 bits per heavy atom. The summed E-state index contributed by atoms with van der Waals surface area (Å²) in [6.45, 7) is 0. The van der Waals surface area contributed by atoms with Gasteiger partial charge in [-0.05, 0) is 106 Å². The van der Waals surface area contributed by atoms with Crippen LogP contribution < -0.4 is 0 Å². The molecule has 11 aromatic rings. The molecule has 0 radical (unpaired) electrons. The Bertz CT molecular complexity index is 3150. The predicted molar refractivity (Wildman–Crippen MR) is 210 cm³/mol. The third-order valence-corrected chi connectivity index (χ3v) is 10.6. The fourth-order valence-electron chi connectivity index (χ4n) is 8.36. The van der Waals surface area contributed by atoms with Crippen molar-refractivity contribution >= 4 is 86.6 Å². The molecule has 1 heterocycles. The Morgan fingerprint density at radius 1 is 0.286 bits per heavy atom. The Balaban J connectivity index is 1.23. The molecule has 11 rings (SSSR count). The highest BCUT2D eigenvalue weighted by atomic mass is 16.3. The molecule has 0 fully saturated rings. The predicted octanol–water partition coefficient (Wildman–Crippen LogP) is 13.8. The largest absolute Gasteiger partial charge is 0.455 e. The summed E-state index contributed by atoms with van der Waals surface area (Å²) in [5.74, 6) is 0. The lowest BCUT2D eigenvalue weighted by Gasteiger charge is -2.17. The maximum Gasteiger partial charge on any atom is 0.143 e. The van der Waals surface area contributed by atoms with E-state index in [1.807, 2.05) is 0 Å². The number of hydrogen-bond donors (Lipinski definition) is 0. The highest BCUT2D eigenvalue weighted by Crippen LogP contribution is 2.46. The maximum absolute atomic E-state index is 6.66. The molecule has 0 saturated carbocycles. The summed E-state index contributed by atoms with van der Waals surface area (Å²) in [7, 11) is 0. The van der Waals surface area contributed by atoms with Crippen molar-refractivity contribution < 1.29 is 4.42 Å². The van der Waals surface area contributed by atoms with Gasteiger partial charge in [-0.15, -0.1) is 0 Å². The number of hydrogen-bond acceptors (Lipinski definition) is 1. The topological polar surface area (TPSA) is 13.1 Å². The molecule has 0 saturated heterocycles. The monoisotopic (exact) mass is 620 g/mol. The van der Waals surface area contributed by atoms with Crippen molar-refractivity contribution in [2.24, 2.45) is 0 Å². The third kappa shape index (κ3) is 3.82. The first-order chi connectivity index (χ1) is 24.3. The first-order valence-corrected chi connectivity index (χ1v) is 16.9. The van der Waals surface area contributed by atoms with Gasteiger partial charge in [0, 0.05) is 16.3 Å². The lowest BCUT2D eigenvalue weighted by atomic mass is 9.85. The van der Waals surface area contributed by atoms with E-state index in [0.717, 1.165) is 33.1 Å². The van der Waals surface area contributed by atoms with Gasteiger partial charge in [-0.1, -0.05) is 146 Å². The van der Waals surface area contributed by atoms with E-state index < -0.39 is 0 Å². The molecule has 0 aliphatic carbocycles. The molecule has 1 aromatic heterocycles. The van der Waals surface area contributed by atoms with Gasteiger partial charge in [-0.25, -0.2) is 0 Å². The summed E-state index contributed by atoms with van der Waals surface area (Å²) in [6, 6.07) is 62.0. The smallest absolute Gasteiger partial charge is 0.143 e. The van der Waals surface area contributed by atoms with Crippen LogP contribution in [0.1, 0.15) is 0 Å². The van der Waals surface area contributed by atoms with Crippen LogP contribution in [0.15, 0.2) is 174 Å². The van der Waals surface area contributed by atoms with E-state index >= 15 is 0 Å². The molecule has 0 N–H and O–H groups in total. The van der Waals surface area contributed by atoms with Gasteiger partial charge in [0.2, 0.25) is 0 Å². The van der Waals surface area contributed by atoms with Crippen LogP contribution in [-0.2, 0) is 0 Å². The number of benzene rings is 10. The van der Waals surface area contributed by atoms with Crippen molar-refractivity contribution in [3.05, 3.63) is 170 Å². The molecule has 0 aliphatic rings. The molecule has 0 atom stereocenters. The third-order valence-electron chi connectivity index (χ3n) is 10.6. The van der Waals surface area contributed by atoms with Crippen LogP contribution in [0.2, 0.25) is 0 Å². The molecule has 0 bridgehead atoms. The fraction of sp³-hybridized carbons (Fsp3) is 0. The van der Waals surface area contributed by atoms with E-state index in [9.17, 15) is 0 Å². The van der Waals surface area contributed by atoms with Crippen LogP contribution >= 0.6 is 0 Å². The number of furan rings is 1. The first kappa shape index (κ1) is 26.6. The minimum atomic E-state index is 0.923. The summed E-state index contributed by atoms with van der Waals surface area (Å²) in [5, 5.41) is 17.5. The van der Waals surface area contributed by atoms with Gasteiger partial charge in [-0.2, -0.15) is 0 Å². The van der Waals surface area contributed by atoms with Gasteiger partial charge < -0.3 is 4.42 Å². The normalized spacial score (nSPS) is 12.1. The standard InChI is InChI=1S/C48H28O/c1-2-11-29(12-3-1)32-21-23-39-42(25-32)35-15-6-8-17-37(35)47-40-24-22-33(27-43(40)36-16-7-9-18-38(36)46(39)47)34-19-10-20-41-44-26-30-13-4-5-14-31(30)28-45(44)49-48(34)41/h1-28H. The van der Waals surface area contributed by atoms with Crippen molar-refractivity contribution in [3.8, 4) is 22.3 Å². The minimum absolute atomic E-state index is 0.923. The van der Waals surface area contributed by atoms with Gasteiger partial charge in [0.15, 0.2) is 0 Å². The SMILES string of the molecule is c1ccc(-c2ccc3c(c2)c2ccccc2c2c4ccc(-c5cccc6c5oc5cc7ccccc7cc56)cc4c4ccccc4c32)cc1. The Labute approximate surface area is 282 Å². The zero-order valence-electron chi connectivity index (χ0n) is 26.6. The van der Waals surface area contributed by atoms with E-state index in [2.05, 4.69) is 170 Å². The van der Waals surface area contributed by atoms with Crippen LogP contribution in [0.25, 0.3) is 109 Å². The average molecular weight is 621 g/mol. The van der Waals surface area contributed by atoms with Crippen LogP contribution in [0, 0.1) is 0 Å². The van der Waals surface area contributed by atoms with E-state index in [0.29, 0.717) is 0 Å². The molecular formula is C48H28O. The maximum atomic E-state index is 6.66. The van der Waals surface area contributed by atoms with Crippen molar-refractivity contribution in [2.45, 2.75) is 0 Å². The Morgan fingerprint density at radius 2 is 0.816 bits per heavy atom. The minimum Gasteiger partial charge on any atom is -0.455 e. The van der Waals surface area contributed by atoms with E-state index in [1.165, 1.54) is 75.8 Å². The van der Waals surface area contributed by atoms with Gasteiger partial charge in [0.25, 0.3) is 0 Å². The van der Waals surface area contributed by atoms with Gasteiger partial charge >= 0.3 is 0 Å². The molecule has 226 valence electrons. The molecule has 0 unspecified atom stereocenters. The lowest BCUT2D eigenvalue weighted by molar-refractivity contribution is 0.670. The molecular weight excluding hydrogens is 593 g/mol. The van der Waals surface area contributed by atoms with Crippen molar-refractivity contribution in [1.82, 2.24) is 0 Å². The summed E-state index contributed by atoms with van der Waals surface area (Å²) in [4.78, 5) is 0. The summed E-state index contributed by atoms with van der Waals surface area (Å²) < 4.78 is 6.66. The zero-order valence-corrected chi connectivity index (χ0v) is 26.6. The molecule has 1 nitrogen and oxygen atoms in total. The Hall–Kier alpha value is -6.44.